The molecule has 0 spiro atoms. The highest BCUT2D eigenvalue weighted by Crippen LogP contribution is 2.29. The largest absolute Gasteiger partial charge is 0.298 e. The average Bonchev–Trinajstić information content (AvgIpc) is 2.88. The minimum Gasteiger partial charge on any atom is -0.298 e. The number of nitro benzene ring substituents is 1. The number of halogens is 1. The van der Waals surface area contributed by atoms with Gasteiger partial charge < -0.3 is 0 Å². The summed E-state index contributed by atoms with van der Waals surface area (Å²) >= 11 is 7.13. The van der Waals surface area contributed by atoms with Crippen molar-refractivity contribution in [1.82, 2.24) is 4.98 Å². The maximum absolute atomic E-state index is 12.1. The number of anilines is 1. The van der Waals surface area contributed by atoms with Crippen LogP contribution in [0.5, 0.6) is 0 Å². The summed E-state index contributed by atoms with van der Waals surface area (Å²) in [6.45, 7) is 0. The van der Waals surface area contributed by atoms with Crippen molar-refractivity contribution in [2.24, 2.45) is 0 Å². The number of amides is 1. The zero-order valence-corrected chi connectivity index (χ0v) is 12.5. The molecule has 0 fully saturated rings. The smallest absolute Gasteiger partial charge is 0.270 e. The molecule has 2 aromatic carbocycles. The Morgan fingerprint density at radius 1 is 1.27 bits per heavy atom. The molecule has 1 aromatic heterocycles. The van der Waals surface area contributed by atoms with E-state index in [0.717, 1.165) is 0 Å². The third kappa shape index (κ3) is 2.76. The van der Waals surface area contributed by atoms with Gasteiger partial charge in [0.25, 0.3) is 11.6 Å². The minimum atomic E-state index is -0.471. The van der Waals surface area contributed by atoms with Gasteiger partial charge in [-0.15, -0.1) is 0 Å². The van der Waals surface area contributed by atoms with Crippen LogP contribution in [-0.4, -0.2) is 15.8 Å². The van der Waals surface area contributed by atoms with E-state index in [-0.39, 0.29) is 11.6 Å². The summed E-state index contributed by atoms with van der Waals surface area (Å²) in [4.78, 5) is 26.7. The lowest BCUT2D eigenvalue weighted by molar-refractivity contribution is -0.384. The lowest BCUT2D eigenvalue weighted by atomic mass is 10.2. The number of nitrogens with one attached hydrogen (secondary N) is 1. The van der Waals surface area contributed by atoms with E-state index < -0.39 is 4.92 Å². The number of hydrogen-bond acceptors (Lipinski definition) is 5. The van der Waals surface area contributed by atoms with Gasteiger partial charge in [-0.05, 0) is 18.2 Å². The van der Waals surface area contributed by atoms with Crippen LogP contribution in [-0.2, 0) is 0 Å². The molecule has 1 N–H and O–H groups in total. The molecular formula is C14H8ClN3O3S. The number of nitro groups is 1. The Bertz CT molecular complexity index is 894. The van der Waals surface area contributed by atoms with Crippen molar-refractivity contribution in [1.29, 1.82) is 0 Å². The zero-order valence-electron chi connectivity index (χ0n) is 10.9. The standard InChI is InChI=1S/C14H8ClN3O3S/c15-10-4-2-1-3-9(10)13(19)17-14-16-11-6-5-8(18(20)21)7-12(11)22-14/h1-7H,(H,16,17,19). The fourth-order valence-electron chi connectivity index (χ4n) is 1.89. The van der Waals surface area contributed by atoms with Gasteiger partial charge in [0.05, 0.1) is 25.7 Å². The van der Waals surface area contributed by atoms with Crippen LogP contribution in [0.25, 0.3) is 10.2 Å². The summed E-state index contributed by atoms with van der Waals surface area (Å²) in [5.41, 5.74) is 0.916. The van der Waals surface area contributed by atoms with Crippen molar-refractivity contribution >= 4 is 49.9 Å². The third-order valence-electron chi connectivity index (χ3n) is 2.92. The first-order chi connectivity index (χ1) is 10.5. The van der Waals surface area contributed by atoms with E-state index >= 15 is 0 Å². The number of aromatic nitrogens is 1. The molecule has 0 atom stereocenters. The molecule has 3 aromatic rings. The lowest BCUT2D eigenvalue weighted by Crippen LogP contribution is -2.11. The topological polar surface area (TPSA) is 85.1 Å². The highest BCUT2D eigenvalue weighted by atomic mass is 35.5. The molecule has 0 aliphatic rings. The molecular weight excluding hydrogens is 326 g/mol. The Morgan fingerprint density at radius 3 is 2.77 bits per heavy atom. The van der Waals surface area contributed by atoms with Crippen molar-refractivity contribution in [2.75, 3.05) is 5.32 Å². The van der Waals surface area contributed by atoms with Gasteiger partial charge in [-0.25, -0.2) is 4.98 Å². The van der Waals surface area contributed by atoms with Gasteiger partial charge in [-0.3, -0.25) is 20.2 Å². The molecule has 0 unspecified atom stereocenters. The van der Waals surface area contributed by atoms with Crippen LogP contribution >= 0.6 is 22.9 Å². The number of fused-ring (bicyclic) bond motifs is 1. The van der Waals surface area contributed by atoms with Crippen molar-refractivity contribution in [2.45, 2.75) is 0 Å². The first-order valence-electron chi connectivity index (χ1n) is 6.15. The molecule has 0 aliphatic carbocycles. The van der Waals surface area contributed by atoms with Crippen LogP contribution in [0, 0.1) is 10.1 Å². The van der Waals surface area contributed by atoms with Crippen LogP contribution in [0.4, 0.5) is 10.8 Å². The molecule has 1 heterocycles. The lowest BCUT2D eigenvalue weighted by Gasteiger charge is -2.02. The third-order valence-corrected chi connectivity index (χ3v) is 4.18. The molecule has 6 nitrogen and oxygen atoms in total. The number of carbonyl (C=O) groups excluding carboxylic acids is 1. The van der Waals surface area contributed by atoms with Gasteiger partial charge in [0.1, 0.15) is 0 Å². The summed E-state index contributed by atoms with van der Waals surface area (Å²) in [5, 5.41) is 14.1. The van der Waals surface area contributed by atoms with Crippen LogP contribution in [0.15, 0.2) is 42.5 Å². The monoisotopic (exact) mass is 333 g/mol. The normalized spacial score (nSPS) is 10.6. The van der Waals surface area contributed by atoms with Crippen molar-refractivity contribution in [3.05, 3.63) is 63.2 Å². The van der Waals surface area contributed by atoms with E-state index in [1.54, 1.807) is 30.3 Å². The Balaban J connectivity index is 1.89. The highest BCUT2D eigenvalue weighted by Gasteiger charge is 2.14. The molecule has 3 rings (SSSR count). The van der Waals surface area contributed by atoms with Gasteiger partial charge in [-0.2, -0.15) is 0 Å². The second kappa shape index (κ2) is 5.70. The fourth-order valence-corrected chi connectivity index (χ4v) is 3.01. The van der Waals surface area contributed by atoms with Crippen molar-refractivity contribution in [3.63, 3.8) is 0 Å². The Morgan fingerprint density at radius 2 is 2.05 bits per heavy atom. The number of thiazole rings is 1. The van der Waals surface area contributed by atoms with Gasteiger partial charge in [0.2, 0.25) is 0 Å². The molecule has 0 bridgehead atoms. The summed E-state index contributed by atoms with van der Waals surface area (Å²) in [7, 11) is 0. The fraction of sp³-hybridized carbons (Fsp3) is 0. The molecule has 22 heavy (non-hydrogen) atoms. The molecule has 8 heteroatoms. The number of nitrogens with zero attached hydrogens (tertiary/aromatic N) is 2. The SMILES string of the molecule is O=C(Nc1nc2ccc([N+](=O)[O-])cc2s1)c1ccccc1Cl. The van der Waals surface area contributed by atoms with Crippen LogP contribution in [0.1, 0.15) is 10.4 Å². The molecule has 110 valence electrons. The second-order valence-electron chi connectivity index (χ2n) is 4.36. The number of hydrogen-bond donors (Lipinski definition) is 1. The van der Waals surface area contributed by atoms with Crippen LogP contribution < -0.4 is 5.32 Å². The second-order valence-corrected chi connectivity index (χ2v) is 5.80. The first-order valence-corrected chi connectivity index (χ1v) is 7.35. The zero-order chi connectivity index (χ0) is 15.7. The number of non-ortho nitro benzene ring substituents is 1. The predicted octanol–water partition coefficient (Wildman–Crippen LogP) is 4.11. The van der Waals surface area contributed by atoms with Gasteiger partial charge in [-0.1, -0.05) is 35.1 Å². The van der Waals surface area contributed by atoms with Gasteiger partial charge in [0.15, 0.2) is 5.13 Å². The molecule has 0 saturated carbocycles. The maximum Gasteiger partial charge on any atom is 0.270 e. The van der Waals surface area contributed by atoms with E-state index in [2.05, 4.69) is 10.3 Å². The molecule has 0 radical (unpaired) electrons. The van der Waals surface area contributed by atoms with Crippen molar-refractivity contribution < 1.29 is 9.72 Å². The van der Waals surface area contributed by atoms with Gasteiger partial charge in [0, 0.05) is 12.1 Å². The van der Waals surface area contributed by atoms with E-state index in [1.807, 2.05) is 0 Å². The minimum absolute atomic E-state index is 0.0138. The Hall–Kier alpha value is -2.51. The maximum atomic E-state index is 12.1. The molecule has 0 aliphatic heterocycles. The van der Waals surface area contributed by atoms with E-state index in [1.165, 1.54) is 23.5 Å². The van der Waals surface area contributed by atoms with Gasteiger partial charge >= 0.3 is 0 Å². The Labute approximate surface area is 133 Å². The van der Waals surface area contributed by atoms with E-state index in [9.17, 15) is 14.9 Å². The van der Waals surface area contributed by atoms with E-state index in [0.29, 0.717) is 25.9 Å². The van der Waals surface area contributed by atoms with Crippen LogP contribution in [0.3, 0.4) is 0 Å². The number of benzene rings is 2. The predicted molar refractivity (Wildman–Crippen MR) is 85.7 cm³/mol. The first kappa shape index (κ1) is 14.4. The molecule has 0 saturated heterocycles. The average molecular weight is 334 g/mol. The van der Waals surface area contributed by atoms with Crippen LogP contribution in [0.2, 0.25) is 5.02 Å². The summed E-state index contributed by atoms with van der Waals surface area (Å²) in [6, 6.07) is 11.0. The summed E-state index contributed by atoms with van der Waals surface area (Å²) in [6.07, 6.45) is 0. The van der Waals surface area contributed by atoms with Crippen molar-refractivity contribution in [3.8, 4) is 0 Å². The summed E-state index contributed by atoms with van der Waals surface area (Å²) < 4.78 is 0.628. The quantitative estimate of drug-likeness (QED) is 0.577. The highest BCUT2D eigenvalue weighted by molar-refractivity contribution is 7.22. The summed E-state index contributed by atoms with van der Waals surface area (Å²) in [5.74, 6) is -0.376. The van der Waals surface area contributed by atoms with E-state index in [4.69, 9.17) is 11.6 Å². The Kier molecular flexibility index (Phi) is 3.74. The number of carbonyl (C=O) groups is 1. The number of rotatable bonds is 3. The molecule has 1 amide bonds.